The molecule has 0 radical (unpaired) electrons. The van der Waals surface area contributed by atoms with Gasteiger partial charge in [-0.3, -0.25) is 0 Å². The second-order valence-electron chi connectivity index (χ2n) is 2.16. The highest BCUT2D eigenvalue weighted by Crippen LogP contribution is 2.12. The first kappa shape index (κ1) is 8.82. The van der Waals surface area contributed by atoms with Gasteiger partial charge in [-0.15, -0.1) is 17.8 Å². The predicted octanol–water partition coefficient (Wildman–Crippen LogP) is 2.04. The van der Waals surface area contributed by atoms with Gasteiger partial charge in [-0.05, 0) is 19.1 Å². The van der Waals surface area contributed by atoms with Gasteiger partial charge >= 0.3 is 0 Å². The monoisotopic (exact) mass is 179 g/mol. The average molecular weight is 179 g/mol. The number of rotatable bonds is 3. The van der Waals surface area contributed by atoms with E-state index in [-0.39, 0.29) is 6.61 Å². The van der Waals surface area contributed by atoms with Crippen molar-refractivity contribution < 1.29 is 4.84 Å². The van der Waals surface area contributed by atoms with Crippen LogP contribution in [0.4, 0.5) is 0 Å². The van der Waals surface area contributed by atoms with Crippen LogP contribution in [0.5, 0.6) is 0 Å². The molecule has 0 saturated heterocycles. The smallest absolute Gasteiger partial charge is 0.177 e. The van der Waals surface area contributed by atoms with Gasteiger partial charge in [0, 0.05) is 9.75 Å². The highest BCUT2D eigenvalue weighted by Gasteiger charge is 1.90. The maximum atomic E-state index is 4.97. The third-order valence-corrected chi connectivity index (χ3v) is 2.10. The standard InChI is InChI=1S/C9H9NOS/c1-3-6-11-10-7-9-5-4-8(2)12-9/h1,4-5,7H,6H2,2H3/b10-7+. The molecule has 1 aromatic rings. The summed E-state index contributed by atoms with van der Waals surface area (Å²) in [5.41, 5.74) is 0. The zero-order valence-electron chi connectivity index (χ0n) is 6.78. The van der Waals surface area contributed by atoms with E-state index in [1.807, 2.05) is 19.1 Å². The van der Waals surface area contributed by atoms with Crippen molar-refractivity contribution in [3.63, 3.8) is 0 Å². The van der Waals surface area contributed by atoms with Crippen molar-refractivity contribution in [1.82, 2.24) is 0 Å². The van der Waals surface area contributed by atoms with E-state index in [1.165, 1.54) is 4.88 Å². The van der Waals surface area contributed by atoms with E-state index in [0.717, 1.165) is 4.88 Å². The fourth-order valence-electron chi connectivity index (χ4n) is 0.687. The number of nitrogens with zero attached hydrogens (tertiary/aromatic N) is 1. The van der Waals surface area contributed by atoms with Gasteiger partial charge in [-0.1, -0.05) is 11.1 Å². The minimum absolute atomic E-state index is 0.223. The lowest BCUT2D eigenvalue weighted by Gasteiger charge is -1.87. The summed E-state index contributed by atoms with van der Waals surface area (Å²) in [6.07, 6.45) is 6.63. The van der Waals surface area contributed by atoms with E-state index < -0.39 is 0 Å². The molecule has 1 aromatic heterocycles. The highest BCUT2D eigenvalue weighted by molar-refractivity contribution is 7.13. The number of hydrogen-bond donors (Lipinski definition) is 0. The van der Waals surface area contributed by atoms with Crippen LogP contribution in [-0.2, 0) is 4.84 Å². The maximum absolute atomic E-state index is 4.97. The second-order valence-corrected chi connectivity index (χ2v) is 3.48. The molecule has 0 atom stereocenters. The molecule has 0 aliphatic rings. The molecule has 0 aliphatic carbocycles. The van der Waals surface area contributed by atoms with Crippen molar-refractivity contribution in [2.24, 2.45) is 5.16 Å². The van der Waals surface area contributed by atoms with Crippen LogP contribution >= 0.6 is 11.3 Å². The third-order valence-electron chi connectivity index (χ3n) is 1.16. The van der Waals surface area contributed by atoms with Crippen LogP contribution in [0.3, 0.4) is 0 Å². The number of terminal acetylenes is 1. The normalized spacial score (nSPS) is 10.0. The van der Waals surface area contributed by atoms with Crippen LogP contribution in [-0.4, -0.2) is 12.8 Å². The average Bonchev–Trinajstić information content (AvgIpc) is 2.45. The highest BCUT2D eigenvalue weighted by atomic mass is 32.1. The Morgan fingerprint density at radius 3 is 3.17 bits per heavy atom. The Morgan fingerprint density at radius 2 is 2.58 bits per heavy atom. The van der Waals surface area contributed by atoms with Gasteiger partial charge in [0.15, 0.2) is 6.61 Å². The van der Waals surface area contributed by atoms with Crippen molar-refractivity contribution in [1.29, 1.82) is 0 Å². The molecule has 0 N–H and O–H groups in total. The molecule has 0 amide bonds. The van der Waals surface area contributed by atoms with Crippen molar-refractivity contribution in [3.05, 3.63) is 21.9 Å². The number of aryl methyl sites for hydroxylation is 1. The lowest BCUT2D eigenvalue weighted by atomic mass is 10.4. The Bertz CT molecular complexity index is 309. The molecule has 1 heterocycles. The van der Waals surface area contributed by atoms with Gasteiger partial charge in [0.25, 0.3) is 0 Å². The van der Waals surface area contributed by atoms with Crippen LogP contribution in [0.2, 0.25) is 0 Å². The molecule has 0 spiro atoms. The molecule has 3 heteroatoms. The Morgan fingerprint density at radius 1 is 1.75 bits per heavy atom. The molecule has 0 unspecified atom stereocenters. The summed E-state index contributed by atoms with van der Waals surface area (Å²) in [6, 6.07) is 4.02. The molecule has 0 aromatic carbocycles. The Hall–Kier alpha value is -1.27. The molecule has 0 aliphatic heterocycles. The van der Waals surface area contributed by atoms with E-state index in [1.54, 1.807) is 17.6 Å². The zero-order valence-corrected chi connectivity index (χ0v) is 7.60. The van der Waals surface area contributed by atoms with Crippen LogP contribution in [0.15, 0.2) is 17.3 Å². The van der Waals surface area contributed by atoms with Gasteiger partial charge in [0.1, 0.15) is 0 Å². The Balaban J connectivity index is 2.42. The van der Waals surface area contributed by atoms with Gasteiger partial charge in [-0.25, -0.2) is 0 Å². The summed E-state index contributed by atoms with van der Waals surface area (Å²) in [7, 11) is 0. The third kappa shape index (κ3) is 2.77. The van der Waals surface area contributed by atoms with Crippen LogP contribution in [0.1, 0.15) is 9.75 Å². The minimum Gasteiger partial charge on any atom is -0.383 e. The van der Waals surface area contributed by atoms with Gasteiger partial charge in [0.05, 0.1) is 6.21 Å². The summed E-state index contributed by atoms with van der Waals surface area (Å²) in [5.74, 6) is 2.33. The summed E-state index contributed by atoms with van der Waals surface area (Å²) in [5, 5.41) is 3.69. The maximum Gasteiger partial charge on any atom is 0.177 e. The molecule has 2 nitrogen and oxygen atoms in total. The molecular formula is C9H9NOS. The lowest BCUT2D eigenvalue weighted by Crippen LogP contribution is -1.82. The SMILES string of the molecule is C#CCO/N=C/c1ccc(C)s1. The summed E-state index contributed by atoms with van der Waals surface area (Å²) < 4.78 is 0. The zero-order chi connectivity index (χ0) is 8.81. The van der Waals surface area contributed by atoms with Crippen molar-refractivity contribution in [2.45, 2.75) is 6.92 Å². The van der Waals surface area contributed by atoms with E-state index in [2.05, 4.69) is 11.1 Å². The molecule has 0 bridgehead atoms. The molecule has 12 heavy (non-hydrogen) atoms. The van der Waals surface area contributed by atoms with Crippen LogP contribution < -0.4 is 0 Å². The van der Waals surface area contributed by atoms with Crippen molar-refractivity contribution >= 4 is 17.6 Å². The molecule has 0 fully saturated rings. The Labute approximate surface area is 75.9 Å². The number of hydrogen-bond acceptors (Lipinski definition) is 3. The minimum atomic E-state index is 0.223. The largest absolute Gasteiger partial charge is 0.383 e. The first-order valence-electron chi connectivity index (χ1n) is 3.48. The second kappa shape index (κ2) is 4.58. The molecular weight excluding hydrogens is 170 g/mol. The fraction of sp³-hybridized carbons (Fsp3) is 0.222. The lowest BCUT2D eigenvalue weighted by molar-refractivity contribution is 0.182. The van der Waals surface area contributed by atoms with Crippen LogP contribution in [0, 0.1) is 19.3 Å². The van der Waals surface area contributed by atoms with Crippen LogP contribution in [0.25, 0.3) is 0 Å². The Kier molecular flexibility index (Phi) is 3.36. The van der Waals surface area contributed by atoms with Crippen molar-refractivity contribution in [2.75, 3.05) is 6.61 Å². The summed E-state index contributed by atoms with van der Waals surface area (Å²) in [4.78, 5) is 7.07. The van der Waals surface area contributed by atoms with E-state index in [4.69, 9.17) is 11.3 Å². The predicted molar refractivity (Wildman–Crippen MR) is 51.4 cm³/mol. The molecule has 0 saturated carbocycles. The van der Waals surface area contributed by atoms with E-state index in [9.17, 15) is 0 Å². The quantitative estimate of drug-likeness (QED) is 0.301. The first-order chi connectivity index (χ1) is 5.83. The van der Waals surface area contributed by atoms with Gasteiger partial charge < -0.3 is 4.84 Å². The van der Waals surface area contributed by atoms with E-state index >= 15 is 0 Å². The van der Waals surface area contributed by atoms with Gasteiger partial charge in [0.2, 0.25) is 0 Å². The molecule has 1 rings (SSSR count). The molecule has 62 valence electrons. The summed E-state index contributed by atoms with van der Waals surface area (Å²) in [6.45, 7) is 2.27. The number of thiophene rings is 1. The first-order valence-corrected chi connectivity index (χ1v) is 4.30. The topological polar surface area (TPSA) is 21.6 Å². The number of oxime groups is 1. The summed E-state index contributed by atoms with van der Waals surface area (Å²) >= 11 is 1.66. The fourth-order valence-corrected chi connectivity index (χ4v) is 1.43. The van der Waals surface area contributed by atoms with Gasteiger partial charge in [-0.2, -0.15) is 0 Å². The van der Waals surface area contributed by atoms with E-state index in [0.29, 0.717) is 0 Å². The van der Waals surface area contributed by atoms with Crippen molar-refractivity contribution in [3.8, 4) is 12.3 Å².